The van der Waals surface area contributed by atoms with Gasteiger partial charge in [0.05, 0.1) is 0 Å². The maximum Gasteiger partial charge on any atom is 0.145 e. The molecule has 0 aliphatic carbocycles. The van der Waals surface area contributed by atoms with Crippen LogP contribution in [0.3, 0.4) is 0 Å². The lowest BCUT2D eigenvalue weighted by molar-refractivity contribution is 1.10. The fourth-order valence-electron chi connectivity index (χ4n) is 3.81. The van der Waals surface area contributed by atoms with Crippen molar-refractivity contribution in [3.8, 4) is 0 Å². The first kappa shape index (κ1) is 18.9. The zero-order valence-corrected chi connectivity index (χ0v) is 17.5. The summed E-state index contributed by atoms with van der Waals surface area (Å²) in [7, 11) is 10.5. The van der Waals surface area contributed by atoms with Crippen molar-refractivity contribution in [2.24, 2.45) is 0 Å². The molecule has 4 heteroatoms. The quantitative estimate of drug-likeness (QED) is 0.624. The van der Waals surface area contributed by atoms with Gasteiger partial charge in [-0.05, 0) is 60.6 Å². The van der Waals surface area contributed by atoms with E-state index in [4.69, 9.17) is 0 Å². The molecule has 128 valence electrons. The van der Waals surface area contributed by atoms with Crippen LogP contribution in [0.1, 0.15) is 22.3 Å². The molecule has 0 aliphatic rings. The highest BCUT2D eigenvalue weighted by molar-refractivity contribution is 7.94. The molecule has 0 aliphatic heterocycles. The van der Waals surface area contributed by atoms with Crippen LogP contribution in [0.4, 0.5) is 11.4 Å². The Morgan fingerprint density at radius 2 is 0.875 bits per heavy atom. The van der Waals surface area contributed by atoms with Crippen molar-refractivity contribution < 1.29 is 0 Å². The molecule has 0 spiro atoms. The second kappa shape index (κ2) is 7.19. The molecule has 0 amide bonds. The van der Waals surface area contributed by atoms with Crippen LogP contribution in [0.25, 0.3) is 0 Å². The summed E-state index contributed by atoms with van der Waals surface area (Å²) in [4.78, 5) is 4.43. The highest BCUT2D eigenvalue weighted by Crippen LogP contribution is 2.34. The Hall–Kier alpha value is -1.47. The molecule has 0 heterocycles. The van der Waals surface area contributed by atoms with Crippen molar-refractivity contribution in [3.63, 3.8) is 0 Å². The fraction of sp³-hybridized carbons (Fsp3) is 0.400. The van der Waals surface area contributed by atoms with Crippen LogP contribution in [0.15, 0.2) is 24.3 Å². The first-order valence-electron chi connectivity index (χ1n) is 8.44. The van der Waals surface area contributed by atoms with Crippen LogP contribution in [0.5, 0.6) is 0 Å². The van der Waals surface area contributed by atoms with E-state index in [0.717, 1.165) is 0 Å². The fourth-order valence-corrected chi connectivity index (χ4v) is 5.66. The molecule has 0 bridgehead atoms. The van der Waals surface area contributed by atoms with Gasteiger partial charge in [0, 0.05) is 39.6 Å². The van der Waals surface area contributed by atoms with Crippen molar-refractivity contribution >= 4 is 37.3 Å². The van der Waals surface area contributed by atoms with E-state index < -0.39 is 0 Å². The Bertz CT molecular complexity index is 644. The van der Waals surface area contributed by atoms with Crippen molar-refractivity contribution in [3.05, 3.63) is 46.5 Å². The number of anilines is 2. The standard InChI is InChI=1S/C20H30BN2P/c1-13-9-17(10-14(2)19(13)22(5)6)24(21)18-11-15(3)20(23(7)8)16(4)12-18/h9-12H,21H2,1-8H3. The minimum Gasteiger partial charge on any atom is -0.377 e. The molecule has 0 radical (unpaired) electrons. The third kappa shape index (κ3) is 3.62. The number of rotatable bonds is 4. The maximum atomic E-state index is 2.38. The SMILES string of the molecule is BP(c1cc(C)c(N(C)C)c(C)c1)c1cc(C)c(N(C)C)c(C)c1. The number of aryl methyl sites for hydroxylation is 4. The van der Waals surface area contributed by atoms with Gasteiger partial charge >= 0.3 is 0 Å². The summed E-state index contributed by atoms with van der Waals surface area (Å²) in [5.41, 5.74) is 8.14. The van der Waals surface area contributed by atoms with Crippen molar-refractivity contribution in [2.45, 2.75) is 27.7 Å². The first-order valence-corrected chi connectivity index (χ1v) is 10.2. The molecular formula is C20H30BN2P. The van der Waals surface area contributed by atoms with E-state index in [2.05, 4.69) is 97.5 Å². The minimum atomic E-state index is -0.336. The molecule has 0 aromatic heterocycles. The van der Waals surface area contributed by atoms with Gasteiger partial charge < -0.3 is 9.80 Å². The zero-order chi connectivity index (χ0) is 18.2. The largest absolute Gasteiger partial charge is 0.377 e. The monoisotopic (exact) mass is 340 g/mol. The van der Waals surface area contributed by atoms with E-state index in [0.29, 0.717) is 0 Å². The topological polar surface area (TPSA) is 6.48 Å². The Balaban J connectivity index is 2.48. The Morgan fingerprint density at radius 3 is 1.08 bits per heavy atom. The highest BCUT2D eigenvalue weighted by atomic mass is 31.1. The highest BCUT2D eigenvalue weighted by Gasteiger charge is 2.15. The van der Waals surface area contributed by atoms with Gasteiger partial charge in [0.15, 0.2) is 0 Å². The summed E-state index contributed by atoms with van der Waals surface area (Å²) in [5, 5.41) is 2.92. The third-order valence-electron chi connectivity index (χ3n) is 4.62. The van der Waals surface area contributed by atoms with E-state index >= 15 is 0 Å². The van der Waals surface area contributed by atoms with Crippen LogP contribution in [0.2, 0.25) is 0 Å². The van der Waals surface area contributed by atoms with Gasteiger partial charge in [0.1, 0.15) is 7.57 Å². The van der Waals surface area contributed by atoms with Crippen LogP contribution >= 0.6 is 7.80 Å². The van der Waals surface area contributed by atoms with Gasteiger partial charge in [0.2, 0.25) is 0 Å². The zero-order valence-electron chi connectivity index (χ0n) is 16.7. The lowest BCUT2D eigenvalue weighted by Gasteiger charge is -2.24. The molecule has 2 aromatic rings. The summed E-state index contributed by atoms with van der Waals surface area (Å²) >= 11 is 0. The van der Waals surface area contributed by atoms with Gasteiger partial charge in [0.25, 0.3) is 0 Å². The van der Waals surface area contributed by atoms with Gasteiger partial charge in [-0.2, -0.15) is 0 Å². The van der Waals surface area contributed by atoms with Crippen LogP contribution in [-0.2, 0) is 0 Å². The normalized spacial score (nSPS) is 11.0. The number of hydrogen-bond donors (Lipinski definition) is 0. The van der Waals surface area contributed by atoms with Crippen LogP contribution in [-0.4, -0.2) is 35.8 Å². The predicted octanol–water partition coefficient (Wildman–Crippen LogP) is 3.03. The molecule has 2 nitrogen and oxygen atoms in total. The van der Waals surface area contributed by atoms with Crippen LogP contribution in [0, 0.1) is 27.7 Å². The summed E-state index contributed by atoms with van der Waals surface area (Å²) in [6.45, 7) is 8.89. The second-order valence-corrected chi connectivity index (χ2v) is 9.36. The van der Waals surface area contributed by atoms with Crippen LogP contribution < -0.4 is 20.4 Å². The minimum absolute atomic E-state index is 0.336. The number of benzene rings is 2. The predicted molar refractivity (Wildman–Crippen MR) is 115 cm³/mol. The lowest BCUT2D eigenvalue weighted by atomic mass is 10.1. The van der Waals surface area contributed by atoms with E-state index in [9.17, 15) is 0 Å². The third-order valence-corrected chi connectivity index (χ3v) is 6.69. The van der Waals surface area contributed by atoms with Gasteiger partial charge in [-0.25, -0.2) is 0 Å². The average molecular weight is 340 g/mol. The second-order valence-electron chi connectivity index (χ2n) is 7.20. The molecule has 0 saturated carbocycles. The van der Waals surface area contributed by atoms with Gasteiger partial charge in [-0.3, -0.25) is 0 Å². The molecular weight excluding hydrogens is 310 g/mol. The Labute approximate surface area is 150 Å². The average Bonchev–Trinajstić information content (AvgIpc) is 2.43. The molecule has 2 rings (SSSR count). The van der Waals surface area contributed by atoms with E-state index in [1.807, 2.05) is 0 Å². The van der Waals surface area contributed by atoms with Gasteiger partial charge in [-0.15, -0.1) is 0 Å². The van der Waals surface area contributed by atoms with E-state index in [-0.39, 0.29) is 7.80 Å². The summed E-state index contributed by atoms with van der Waals surface area (Å²) in [6, 6.07) is 9.49. The van der Waals surface area contributed by atoms with Crippen molar-refractivity contribution in [2.75, 3.05) is 38.0 Å². The molecule has 0 atom stereocenters. The van der Waals surface area contributed by atoms with Crippen molar-refractivity contribution in [1.82, 2.24) is 0 Å². The molecule has 2 aromatic carbocycles. The van der Waals surface area contributed by atoms with E-state index in [1.54, 1.807) is 0 Å². The summed E-state index contributed by atoms with van der Waals surface area (Å²) in [6.07, 6.45) is 0. The molecule has 0 saturated heterocycles. The number of hydrogen-bond acceptors (Lipinski definition) is 2. The first-order chi connectivity index (χ1) is 11.1. The van der Waals surface area contributed by atoms with E-state index in [1.165, 1.54) is 44.2 Å². The summed E-state index contributed by atoms with van der Waals surface area (Å²) in [5.74, 6) is 0. The van der Waals surface area contributed by atoms with Gasteiger partial charge in [-0.1, -0.05) is 32.1 Å². The molecule has 0 unspecified atom stereocenters. The molecule has 24 heavy (non-hydrogen) atoms. The Morgan fingerprint density at radius 1 is 0.625 bits per heavy atom. The molecule has 0 N–H and O–H groups in total. The maximum absolute atomic E-state index is 2.38. The lowest BCUT2D eigenvalue weighted by Crippen LogP contribution is -2.19. The Kier molecular flexibility index (Phi) is 5.65. The smallest absolute Gasteiger partial charge is 0.145 e. The molecule has 0 fully saturated rings. The van der Waals surface area contributed by atoms with Crippen molar-refractivity contribution in [1.29, 1.82) is 0 Å². The number of nitrogens with zero attached hydrogens (tertiary/aromatic N) is 2. The summed E-state index contributed by atoms with van der Waals surface area (Å²) < 4.78 is 0.